The van der Waals surface area contributed by atoms with Gasteiger partial charge in [-0.15, -0.1) is 0 Å². The van der Waals surface area contributed by atoms with Crippen molar-refractivity contribution in [2.45, 2.75) is 30.2 Å². The van der Waals surface area contributed by atoms with Gasteiger partial charge < -0.3 is 5.11 Å². The number of hydrogen-bond acceptors (Lipinski definition) is 4. The SMILES string of the molecule is CCc1cc(Sc2ccc(O)c3ccccc23)nc(C)n1. The van der Waals surface area contributed by atoms with Crippen LogP contribution in [-0.4, -0.2) is 15.1 Å². The number of fused-ring (bicyclic) bond motifs is 1. The Morgan fingerprint density at radius 1 is 1.05 bits per heavy atom. The van der Waals surface area contributed by atoms with Crippen LogP contribution in [0.5, 0.6) is 5.75 Å². The van der Waals surface area contributed by atoms with E-state index >= 15 is 0 Å². The van der Waals surface area contributed by atoms with E-state index < -0.39 is 0 Å². The van der Waals surface area contributed by atoms with Crippen LogP contribution in [0.3, 0.4) is 0 Å². The number of nitrogens with zero attached hydrogens (tertiary/aromatic N) is 2. The molecule has 0 aliphatic rings. The first-order chi connectivity index (χ1) is 10.2. The van der Waals surface area contributed by atoms with E-state index in [1.165, 1.54) is 0 Å². The zero-order chi connectivity index (χ0) is 14.8. The van der Waals surface area contributed by atoms with Gasteiger partial charge in [-0.05, 0) is 36.9 Å². The van der Waals surface area contributed by atoms with E-state index in [0.29, 0.717) is 5.75 Å². The summed E-state index contributed by atoms with van der Waals surface area (Å²) in [5.41, 5.74) is 1.05. The Bertz CT molecular complexity index is 802. The van der Waals surface area contributed by atoms with E-state index in [2.05, 4.69) is 16.9 Å². The predicted octanol–water partition coefficient (Wildman–Crippen LogP) is 4.36. The van der Waals surface area contributed by atoms with Gasteiger partial charge in [0.25, 0.3) is 0 Å². The molecule has 0 aliphatic carbocycles. The summed E-state index contributed by atoms with van der Waals surface area (Å²) < 4.78 is 0. The van der Waals surface area contributed by atoms with Gasteiger partial charge in [0, 0.05) is 16.0 Å². The molecular formula is C17H16N2OS. The molecule has 0 saturated heterocycles. The summed E-state index contributed by atoms with van der Waals surface area (Å²) in [5.74, 6) is 1.10. The van der Waals surface area contributed by atoms with Crippen LogP contribution in [0.1, 0.15) is 18.4 Å². The van der Waals surface area contributed by atoms with Crippen molar-refractivity contribution < 1.29 is 5.11 Å². The molecule has 0 unspecified atom stereocenters. The average Bonchev–Trinajstić information content (AvgIpc) is 2.50. The molecular weight excluding hydrogens is 280 g/mol. The maximum atomic E-state index is 9.95. The molecule has 0 radical (unpaired) electrons. The van der Waals surface area contributed by atoms with Gasteiger partial charge in [0.05, 0.1) is 0 Å². The number of benzene rings is 2. The molecule has 0 fully saturated rings. The number of aryl methyl sites for hydroxylation is 2. The molecule has 1 N–H and O–H groups in total. The third kappa shape index (κ3) is 2.85. The first-order valence-corrected chi connectivity index (χ1v) is 7.72. The van der Waals surface area contributed by atoms with Crippen molar-refractivity contribution in [2.75, 3.05) is 0 Å². The van der Waals surface area contributed by atoms with Crippen LogP contribution in [0.2, 0.25) is 0 Å². The fourth-order valence-electron chi connectivity index (χ4n) is 2.29. The summed E-state index contributed by atoms with van der Waals surface area (Å²) in [6.07, 6.45) is 0.896. The lowest BCUT2D eigenvalue weighted by Crippen LogP contribution is -1.95. The zero-order valence-electron chi connectivity index (χ0n) is 12.0. The highest BCUT2D eigenvalue weighted by Crippen LogP contribution is 2.36. The van der Waals surface area contributed by atoms with Crippen molar-refractivity contribution in [3.05, 3.63) is 54.0 Å². The van der Waals surface area contributed by atoms with Crippen molar-refractivity contribution in [3.8, 4) is 5.75 Å². The summed E-state index contributed by atoms with van der Waals surface area (Å²) in [6, 6.07) is 13.6. The Kier molecular flexibility index (Phi) is 3.80. The molecule has 0 aliphatic heterocycles. The summed E-state index contributed by atoms with van der Waals surface area (Å²) in [6.45, 7) is 4.00. The van der Waals surface area contributed by atoms with E-state index in [4.69, 9.17) is 0 Å². The summed E-state index contributed by atoms with van der Waals surface area (Å²) in [7, 11) is 0. The standard InChI is InChI=1S/C17H16N2OS/c1-3-12-10-17(19-11(2)18-12)21-16-9-8-15(20)13-6-4-5-7-14(13)16/h4-10,20H,3H2,1-2H3. The summed E-state index contributed by atoms with van der Waals surface area (Å²) in [4.78, 5) is 9.99. The highest BCUT2D eigenvalue weighted by atomic mass is 32.2. The number of rotatable bonds is 3. The lowest BCUT2D eigenvalue weighted by Gasteiger charge is -2.08. The molecule has 0 saturated carbocycles. The average molecular weight is 296 g/mol. The Balaban J connectivity index is 2.06. The van der Waals surface area contributed by atoms with Gasteiger partial charge in [0.2, 0.25) is 0 Å². The van der Waals surface area contributed by atoms with Gasteiger partial charge in [-0.1, -0.05) is 43.0 Å². The van der Waals surface area contributed by atoms with Gasteiger partial charge in [-0.2, -0.15) is 0 Å². The number of phenols is 1. The van der Waals surface area contributed by atoms with E-state index in [1.54, 1.807) is 17.8 Å². The van der Waals surface area contributed by atoms with Crippen molar-refractivity contribution in [1.82, 2.24) is 9.97 Å². The highest BCUT2D eigenvalue weighted by Gasteiger charge is 2.08. The Labute approximate surface area is 128 Å². The molecule has 1 heterocycles. The minimum atomic E-state index is 0.308. The third-order valence-corrected chi connectivity index (χ3v) is 4.30. The first kappa shape index (κ1) is 13.9. The molecule has 3 nitrogen and oxygen atoms in total. The van der Waals surface area contributed by atoms with Crippen molar-refractivity contribution in [1.29, 1.82) is 0 Å². The first-order valence-electron chi connectivity index (χ1n) is 6.90. The van der Waals surface area contributed by atoms with Crippen LogP contribution < -0.4 is 0 Å². The van der Waals surface area contributed by atoms with Crippen molar-refractivity contribution in [3.63, 3.8) is 0 Å². The molecule has 0 amide bonds. The molecule has 2 aromatic carbocycles. The van der Waals surface area contributed by atoms with Gasteiger partial charge >= 0.3 is 0 Å². The number of aromatic hydroxyl groups is 1. The monoisotopic (exact) mass is 296 g/mol. The molecule has 3 aromatic rings. The molecule has 3 rings (SSSR count). The molecule has 0 atom stereocenters. The highest BCUT2D eigenvalue weighted by molar-refractivity contribution is 7.99. The largest absolute Gasteiger partial charge is 0.507 e. The van der Waals surface area contributed by atoms with Crippen molar-refractivity contribution >= 4 is 22.5 Å². The Hall–Kier alpha value is -2.07. The maximum Gasteiger partial charge on any atom is 0.126 e. The second kappa shape index (κ2) is 5.74. The molecule has 0 spiro atoms. The number of phenolic OH excluding ortho intramolecular Hbond substituents is 1. The second-order valence-electron chi connectivity index (χ2n) is 4.83. The van der Waals surface area contributed by atoms with Gasteiger partial charge in [0.1, 0.15) is 16.6 Å². The van der Waals surface area contributed by atoms with Crippen LogP contribution >= 0.6 is 11.8 Å². The number of aromatic nitrogens is 2. The van der Waals surface area contributed by atoms with E-state index in [-0.39, 0.29) is 0 Å². The molecule has 106 valence electrons. The van der Waals surface area contributed by atoms with Crippen LogP contribution in [0.4, 0.5) is 0 Å². The fourth-order valence-corrected chi connectivity index (χ4v) is 3.31. The van der Waals surface area contributed by atoms with E-state index in [0.717, 1.165) is 38.6 Å². The van der Waals surface area contributed by atoms with Crippen LogP contribution in [0, 0.1) is 6.92 Å². The van der Waals surface area contributed by atoms with E-state index in [1.807, 2.05) is 43.3 Å². The summed E-state index contributed by atoms with van der Waals surface area (Å²) >= 11 is 1.61. The van der Waals surface area contributed by atoms with Gasteiger partial charge in [0.15, 0.2) is 0 Å². The Morgan fingerprint density at radius 3 is 2.57 bits per heavy atom. The quantitative estimate of drug-likeness (QED) is 0.730. The van der Waals surface area contributed by atoms with Gasteiger partial charge in [-0.25, -0.2) is 9.97 Å². The predicted molar refractivity (Wildman–Crippen MR) is 85.9 cm³/mol. The Morgan fingerprint density at radius 2 is 1.81 bits per heavy atom. The molecule has 1 aromatic heterocycles. The lowest BCUT2D eigenvalue weighted by molar-refractivity contribution is 0.481. The van der Waals surface area contributed by atoms with Crippen LogP contribution in [-0.2, 0) is 6.42 Å². The molecule has 4 heteroatoms. The third-order valence-electron chi connectivity index (χ3n) is 3.31. The minimum absolute atomic E-state index is 0.308. The maximum absolute atomic E-state index is 9.95. The van der Waals surface area contributed by atoms with Crippen LogP contribution in [0.15, 0.2) is 52.4 Å². The van der Waals surface area contributed by atoms with E-state index in [9.17, 15) is 5.11 Å². The fraction of sp³-hybridized carbons (Fsp3) is 0.176. The topological polar surface area (TPSA) is 46.0 Å². The van der Waals surface area contributed by atoms with Gasteiger partial charge in [-0.3, -0.25) is 0 Å². The lowest BCUT2D eigenvalue weighted by atomic mass is 10.1. The zero-order valence-corrected chi connectivity index (χ0v) is 12.8. The molecule has 21 heavy (non-hydrogen) atoms. The minimum Gasteiger partial charge on any atom is -0.507 e. The molecule has 0 bridgehead atoms. The van der Waals surface area contributed by atoms with Crippen molar-refractivity contribution in [2.24, 2.45) is 0 Å². The number of hydrogen-bond donors (Lipinski definition) is 1. The smallest absolute Gasteiger partial charge is 0.126 e. The summed E-state index contributed by atoms with van der Waals surface area (Å²) in [5, 5.41) is 12.8. The second-order valence-corrected chi connectivity index (χ2v) is 5.89. The van der Waals surface area contributed by atoms with Crippen LogP contribution in [0.25, 0.3) is 10.8 Å². The normalized spacial score (nSPS) is 11.0.